The third-order valence-electron chi connectivity index (χ3n) is 2.86. The molecule has 21 heavy (non-hydrogen) atoms. The molecule has 1 aromatic heterocycles. The van der Waals surface area contributed by atoms with E-state index in [1.54, 1.807) is 24.3 Å². The van der Waals surface area contributed by atoms with Crippen LogP contribution in [0.2, 0.25) is 10.0 Å². The van der Waals surface area contributed by atoms with Gasteiger partial charge in [0.1, 0.15) is 5.69 Å². The van der Waals surface area contributed by atoms with Crippen molar-refractivity contribution in [1.82, 2.24) is 20.2 Å². The lowest BCUT2D eigenvalue weighted by Crippen LogP contribution is -2.03. The van der Waals surface area contributed by atoms with E-state index in [2.05, 4.69) is 15.5 Å². The largest absolute Gasteiger partial charge is 0.399 e. The van der Waals surface area contributed by atoms with Gasteiger partial charge in [-0.3, -0.25) is 0 Å². The van der Waals surface area contributed by atoms with Crippen molar-refractivity contribution in [3.05, 3.63) is 52.3 Å². The van der Waals surface area contributed by atoms with Crippen LogP contribution in [0.25, 0.3) is 17.1 Å². The van der Waals surface area contributed by atoms with Crippen LogP contribution in [0.5, 0.6) is 0 Å². The van der Waals surface area contributed by atoms with Crippen molar-refractivity contribution in [1.29, 1.82) is 0 Å². The van der Waals surface area contributed by atoms with Gasteiger partial charge in [-0.15, -0.1) is 5.10 Å². The zero-order valence-corrected chi connectivity index (χ0v) is 12.0. The van der Waals surface area contributed by atoms with Gasteiger partial charge in [0.15, 0.2) is 11.6 Å². The molecule has 0 saturated heterocycles. The summed E-state index contributed by atoms with van der Waals surface area (Å²) < 4.78 is 15.4. The van der Waals surface area contributed by atoms with E-state index in [9.17, 15) is 4.39 Å². The van der Waals surface area contributed by atoms with Crippen molar-refractivity contribution < 1.29 is 4.39 Å². The van der Waals surface area contributed by atoms with Crippen molar-refractivity contribution in [2.75, 3.05) is 5.73 Å². The fraction of sp³-hybridized carbons (Fsp3) is 0. The average molecular weight is 324 g/mol. The predicted octanol–water partition coefficient (Wildman–Crippen LogP) is 3.36. The molecule has 0 radical (unpaired) electrons. The molecule has 0 aliphatic carbocycles. The Kier molecular flexibility index (Phi) is 3.48. The van der Waals surface area contributed by atoms with Crippen LogP contribution in [-0.4, -0.2) is 20.2 Å². The van der Waals surface area contributed by atoms with Gasteiger partial charge in [-0.1, -0.05) is 29.3 Å². The molecule has 8 heteroatoms. The van der Waals surface area contributed by atoms with Gasteiger partial charge in [0, 0.05) is 11.3 Å². The Morgan fingerprint density at radius 1 is 1.10 bits per heavy atom. The molecule has 3 aromatic rings. The number of halogens is 3. The van der Waals surface area contributed by atoms with E-state index >= 15 is 0 Å². The quantitative estimate of drug-likeness (QED) is 0.734. The summed E-state index contributed by atoms with van der Waals surface area (Å²) in [5, 5.41) is 11.6. The Bertz CT molecular complexity index is 802. The molecule has 0 amide bonds. The lowest BCUT2D eigenvalue weighted by molar-refractivity contribution is 0.608. The van der Waals surface area contributed by atoms with Crippen molar-refractivity contribution in [2.45, 2.75) is 0 Å². The van der Waals surface area contributed by atoms with E-state index in [0.717, 1.165) is 0 Å². The smallest absolute Gasteiger partial charge is 0.188 e. The second-order valence-electron chi connectivity index (χ2n) is 4.23. The van der Waals surface area contributed by atoms with Crippen LogP contribution in [0, 0.1) is 5.82 Å². The van der Waals surface area contributed by atoms with Crippen molar-refractivity contribution >= 4 is 28.9 Å². The first-order valence-electron chi connectivity index (χ1n) is 5.86. The molecule has 0 atom stereocenters. The number of tetrazole rings is 1. The normalized spacial score (nSPS) is 10.8. The van der Waals surface area contributed by atoms with Crippen LogP contribution in [0.3, 0.4) is 0 Å². The van der Waals surface area contributed by atoms with E-state index in [0.29, 0.717) is 16.3 Å². The zero-order chi connectivity index (χ0) is 15.0. The summed E-state index contributed by atoms with van der Waals surface area (Å²) in [6.07, 6.45) is 0. The number of aromatic nitrogens is 4. The standard InChI is InChI=1S/C13H8Cl2FN5/c14-9-5-4-7(17)6-8(9)13-18-19-20-21(13)11-3-1-2-10(15)12(11)16/h1-6H,17H2. The minimum absolute atomic E-state index is 0.0207. The van der Waals surface area contributed by atoms with Crippen LogP contribution >= 0.6 is 23.2 Å². The summed E-state index contributed by atoms with van der Waals surface area (Å²) >= 11 is 11.9. The van der Waals surface area contributed by atoms with Crippen molar-refractivity contribution in [3.63, 3.8) is 0 Å². The van der Waals surface area contributed by atoms with Gasteiger partial charge in [-0.05, 0) is 40.8 Å². The lowest BCUT2D eigenvalue weighted by atomic mass is 10.2. The number of nitrogen functional groups attached to an aromatic ring is 1. The van der Waals surface area contributed by atoms with Gasteiger partial charge < -0.3 is 5.73 Å². The Morgan fingerprint density at radius 3 is 2.71 bits per heavy atom. The third-order valence-corrected chi connectivity index (χ3v) is 3.48. The minimum Gasteiger partial charge on any atom is -0.399 e. The first-order valence-corrected chi connectivity index (χ1v) is 6.61. The first kappa shape index (κ1) is 13.8. The van der Waals surface area contributed by atoms with Gasteiger partial charge in [-0.2, -0.15) is 4.68 Å². The van der Waals surface area contributed by atoms with Crippen LogP contribution in [0.1, 0.15) is 0 Å². The second kappa shape index (κ2) is 5.31. The lowest BCUT2D eigenvalue weighted by Gasteiger charge is -2.08. The summed E-state index contributed by atoms with van der Waals surface area (Å²) in [5.74, 6) is -0.346. The Morgan fingerprint density at radius 2 is 1.90 bits per heavy atom. The van der Waals surface area contributed by atoms with Gasteiger partial charge in [0.05, 0.1) is 10.0 Å². The summed E-state index contributed by atoms with van der Waals surface area (Å²) in [4.78, 5) is 0. The van der Waals surface area contributed by atoms with Crippen molar-refractivity contribution in [3.8, 4) is 17.1 Å². The molecular formula is C13H8Cl2FN5. The van der Waals surface area contributed by atoms with E-state index in [4.69, 9.17) is 28.9 Å². The highest BCUT2D eigenvalue weighted by molar-refractivity contribution is 6.33. The number of nitrogens with zero attached hydrogens (tertiary/aromatic N) is 4. The summed E-state index contributed by atoms with van der Waals surface area (Å²) in [6.45, 7) is 0. The monoisotopic (exact) mass is 323 g/mol. The first-order chi connectivity index (χ1) is 10.1. The molecule has 106 valence electrons. The molecular weight excluding hydrogens is 316 g/mol. The maximum Gasteiger partial charge on any atom is 0.188 e. The number of nitrogens with two attached hydrogens (primary N) is 1. The topological polar surface area (TPSA) is 69.6 Å². The van der Waals surface area contributed by atoms with Crippen LogP contribution in [0.15, 0.2) is 36.4 Å². The van der Waals surface area contributed by atoms with Crippen molar-refractivity contribution in [2.24, 2.45) is 0 Å². The molecule has 0 bridgehead atoms. The number of rotatable bonds is 2. The zero-order valence-electron chi connectivity index (χ0n) is 10.5. The molecule has 2 N–H and O–H groups in total. The Labute approximate surface area is 129 Å². The maximum atomic E-state index is 14.1. The average Bonchev–Trinajstić information content (AvgIpc) is 2.93. The number of benzene rings is 2. The molecule has 0 aliphatic rings. The van der Waals surface area contributed by atoms with E-state index in [-0.39, 0.29) is 16.5 Å². The van der Waals surface area contributed by atoms with Gasteiger partial charge >= 0.3 is 0 Å². The van der Waals surface area contributed by atoms with E-state index in [1.807, 2.05) is 0 Å². The summed E-state index contributed by atoms with van der Waals surface area (Å²) in [6, 6.07) is 9.46. The molecule has 2 aromatic carbocycles. The molecule has 3 rings (SSSR count). The summed E-state index contributed by atoms with van der Waals surface area (Å²) in [5.41, 5.74) is 6.87. The fourth-order valence-corrected chi connectivity index (χ4v) is 2.26. The molecule has 5 nitrogen and oxygen atoms in total. The second-order valence-corrected chi connectivity index (χ2v) is 5.04. The predicted molar refractivity (Wildman–Crippen MR) is 79.0 cm³/mol. The molecule has 0 saturated carbocycles. The van der Waals surface area contributed by atoms with E-state index < -0.39 is 5.82 Å². The summed E-state index contributed by atoms with van der Waals surface area (Å²) in [7, 11) is 0. The van der Waals surface area contributed by atoms with E-state index in [1.165, 1.54) is 16.8 Å². The maximum absolute atomic E-state index is 14.1. The molecule has 1 heterocycles. The molecule has 0 aliphatic heterocycles. The fourth-order valence-electron chi connectivity index (χ4n) is 1.89. The van der Waals surface area contributed by atoms with Gasteiger partial charge in [0.2, 0.25) is 0 Å². The van der Waals surface area contributed by atoms with Crippen LogP contribution in [-0.2, 0) is 0 Å². The molecule has 0 fully saturated rings. The van der Waals surface area contributed by atoms with Gasteiger partial charge in [-0.25, -0.2) is 4.39 Å². The SMILES string of the molecule is Nc1ccc(Cl)c(-c2nnnn2-c2cccc(Cl)c2F)c1. The highest BCUT2D eigenvalue weighted by Gasteiger charge is 2.17. The highest BCUT2D eigenvalue weighted by atomic mass is 35.5. The molecule has 0 unspecified atom stereocenters. The third kappa shape index (κ3) is 2.43. The van der Waals surface area contributed by atoms with Gasteiger partial charge in [0.25, 0.3) is 0 Å². The number of hydrogen-bond donors (Lipinski definition) is 1. The number of hydrogen-bond acceptors (Lipinski definition) is 4. The van der Waals surface area contributed by atoms with Crippen LogP contribution < -0.4 is 5.73 Å². The Hall–Kier alpha value is -2.18. The van der Waals surface area contributed by atoms with Crippen LogP contribution in [0.4, 0.5) is 10.1 Å². The molecule has 0 spiro atoms. The highest BCUT2D eigenvalue weighted by Crippen LogP contribution is 2.30. The Balaban J connectivity index is 2.22. The number of anilines is 1. The minimum atomic E-state index is -0.618.